The van der Waals surface area contributed by atoms with Crippen molar-refractivity contribution >= 4 is 11.8 Å². The fraction of sp³-hybridized carbons (Fsp3) is 0.750. The van der Waals surface area contributed by atoms with Crippen molar-refractivity contribution in [2.45, 2.75) is 39.0 Å². The molecule has 2 aliphatic rings. The summed E-state index contributed by atoms with van der Waals surface area (Å²) in [6.45, 7) is 8.94. The lowest BCUT2D eigenvalue weighted by molar-refractivity contribution is -0.139. The van der Waals surface area contributed by atoms with Crippen LogP contribution in [0.25, 0.3) is 0 Å². The lowest BCUT2D eigenvalue weighted by Gasteiger charge is -2.34. The fourth-order valence-corrected chi connectivity index (χ4v) is 3.29. The highest BCUT2D eigenvalue weighted by atomic mass is 16.2. The molecule has 112 valence electrons. The number of hydrogen-bond acceptors (Lipinski definition) is 2. The van der Waals surface area contributed by atoms with Crippen molar-refractivity contribution in [1.29, 1.82) is 0 Å². The third-order valence-electron chi connectivity index (χ3n) is 4.55. The summed E-state index contributed by atoms with van der Waals surface area (Å²) in [5, 5.41) is 0. The molecule has 0 aromatic heterocycles. The Kier molecular flexibility index (Phi) is 5.21. The van der Waals surface area contributed by atoms with E-state index in [-0.39, 0.29) is 11.8 Å². The van der Waals surface area contributed by atoms with Gasteiger partial charge < -0.3 is 9.80 Å². The van der Waals surface area contributed by atoms with Crippen LogP contribution in [0.4, 0.5) is 0 Å². The van der Waals surface area contributed by atoms with Crippen LogP contribution in [0.2, 0.25) is 0 Å². The largest absolute Gasteiger partial charge is 0.342 e. The molecule has 0 aromatic rings. The average molecular weight is 278 g/mol. The number of carbonyl (C=O) groups excluding carboxylic acids is 2. The van der Waals surface area contributed by atoms with Crippen molar-refractivity contribution in [2.75, 3.05) is 26.2 Å². The van der Waals surface area contributed by atoms with E-state index in [0.29, 0.717) is 24.9 Å². The predicted octanol–water partition coefficient (Wildman–Crippen LogP) is 2.06. The first-order chi connectivity index (χ1) is 9.61. The van der Waals surface area contributed by atoms with Crippen molar-refractivity contribution in [3.05, 3.63) is 12.7 Å². The second-order valence-electron chi connectivity index (χ2n) is 6.19. The maximum Gasteiger partial charge on any atom is 0.245 e. The van der Waals surface area contributed by atoms with Gasteiger partial charge in [0.1, 0.15) is 0 Å². The van der Waals surface area contributed by atoms with Crippen molar-refractivity contribution in [3.63, 3.8) is 0 Å². The summed E-state index contributed by atoms with van der Waals surface area (Å²) in [6.07, 6.45) is 6.54. The number of carbonyl (C=O) groups is 2. The number of amides is 2. The van der Waals surface area contributed by atoms with E-state index in [1.807, 2.05) is 0 Å². The van der Waals surface area contributed by atoms with Crippen LogP contribution in [0, 0.1) is 11.8 Å². The quantitative estimate of drug-likeness (QED) is 0.725. The molecule has 1 atom stereocenters. The molecule has 2 heterocycles. The van der Waals surface area contributed by atoms with Gasteiger partial charge in [0.05, 0.1) is 0 Å². The van der Waals surface area contributed by atoms with Crippen molar-refractivity contribution in [3.8, 4) is 0 Å². The number of piperidine rings is 1. The molecule has 0 aromatic carbocycles. The Morgan fingerprint density at radius 3 is 2.40 bits per heavy atom. The molecule has 2 fully saturated rings. The van der Waals surface area contributed by atoms with E-state index < -0.39 is 0 Å². The minimum absolute atomic E-state index is 0.0145. The Hall–Kier alpha value is -1.32. The Morgan fingerprint density at radius 1 is 1.05 bits per heavy atom. The third kappa shape index (κ3) is 3.62. The first kappa shape index (κ1) is 15.1. The van der Waals surface area contributed by atoms with Gasteiger partial charge in [-0.1, -0.05) is 19.9 Å². The van der Waals surface area contributed by atoms with Gasteiger partial charge in [0, 0.05) is 32.1 Å². The van der Waals surface area contributed by atoms with Crippen LogP contribution < -0.4 is 0 Å². The molecule has 2 amide bonds. The van der Waals surface area contributed by atoms with E-state index >= 15 is 0 Å². The van der Waals surface area contributed by atoms with Crippen LogP contribution in [-0.4, -0.2) is 47.8 Å². The highest BCUT2D eigenvalue weighted by Gasteiger charge is 2.30. The van der Waals surface area contributed by atoms with Crippen LogP contribution in [0.5, 0.6) is 0 Å². The SMILES string of the molecule is C=CC(=O)N1CCC(C(=O)N2CCCCC(C)C2)CC1. The Morgan fingerprint density at radius 2 is 1.75 bits per heavy atom. The highest BCUT2D eigenvalue weighted by molar-refractivity contribution is 5.87. The zero-order chi connectivity index (χ0) is 14.5. The van der Waals surface area contributed by atoms with Gasteiger partial charge in [-0.15, -0.1) is 0 Å². The van der Waals surface area contributed by atoms with Crippen LogP contribution in [0.1, 0.15) is 39.0 Å². The summed E-state index contributed by atoms with van der Waals surface area (Å²) in [5.41, 5.74) is 0. The number of rotatable bonds is 2. The first-order valence-electron chi connectivity index (χ1n) is 7.82. The van der Waals surface area contributed by atoms with Crippen molar-refractivity contribution < 1.29 is 9.59 Å². The number of hydrogen-bond donors (Lipinski definition) is 0. The Labute approximate surface area is 121 Å². The molecule has 0 saturated carbocycles. The molecule has 0 bridgehead atoms. The first-order valence-corrected chi connectivity index (χ1v) is 7.82. The normalized spacial score (nSPS) is 25.1. The molecular weight excluding hydrogens is 252 g/mol. The maximum absolute atomic E-state index is 12.6. The number of likely N-dealkylation sites (tertiary alicyclic amines) is 2. The molecule has 20 heavy (non-hydrogen) atoms. The Bertz CT molecular complexity index is 373. The molecule has 0 aliphatic carbocycles. The van der Waals surface area contributed by atoms with Gasteiger partial charge in [0.15, 0.2) is 0 Å². The monoisotopic (exact) mass is 278 g/mol. The summed E-state index contributed by atoms with van der Waals surface area (Å²) in [5.74, 6) is 1.02. The van der Waals surface area contributed by atoms with Crippen molar-refractivity contribution in [2.24, 2.45) is 11.8 Å². The molecule has 1 unspecified atom stereocenters. The maximum atomic E-state index is 12.6. The van der Waals surface area contributed by atoms with Crippen LogP contribution in [0.15, 0.2) is 12.7 Å². The van der Waals surface area contributed by atoms with E-state index in [0.717, 1.165) is 32.4 Å². The molecular formula is C16H26N2O2. The second-order valence-corrected chi connectivity index (χ2v) is 6.19. The van der Waals surface area contributed by atoms with Gasteiger partial charge in [-0.2, -0.15) is 0 Å². The Balaban J connectivity index is 1.87. The summed E-state index contributed by atoms with van der Waals surface area (Å²) in [7, 11) is 0. The minimum Gasteiger partial charge on any atom is -0.342 e. The van der Waals surface area contributed by atoms with E-state index in [2.05, 4.69) is 18.4 Å². The molecule has 4 heteroatoms. The van der Waals surface area contributed by atoms with Gasteiger partial charge in [-0.25, -0.2) is 0 Å². The molecule has 0 spiro atoms. The predicted molar refractivity (Wildman–Crippen MR) is 79.1 cm³/mol. The summed E-state index contributed by atoms with van der Waals surface area (Å²) < 4.78 is 0. The summed E-state index contributed by atoms with van der Waals surface area (Å²) in [4.78, 5) is 28.0. The van der Waals surface area contributed by atoms with Crippen LogP contribution in [0.3, 0.4) is 0 Å². The van der Waals surface area contributed by atoms with Crippen LogP contribution in [-0.2, 0) is 9.59 Å². The van der Waals surface area contributed by atoms with Crippen LogP contribution >= 0.6 is 0 Å². The lowest BCUT2D eigenvalue weighted by Crippen LogP contribution is -2.44. The molecule has 0 radical (unpaired) electrons. The van der Waals surface area contributed by atoms with Gasteiger partial charge in [-0.05, 0) is 37.7 Å². The molecule has 0 N–H and O–H groups in total. The molecule has 4 nitrogen and oxygen atoms in total. The van der Waals surface area contributed by atoms with E-state index in [1.165, 1.54) is 18.9 Å². The van der Waals surface area contributed by atoms with Gasteiger partial charge in [0.2, 0.25) is 11.8 Å². The van der Waals surface area contributed by atoms with Gasteiger partial charge in [-0.3, -0.25) is 9.59 Å². The fourth-order valence-electron chi connectivity index (χ4n) is 3.29. The summed E-state index contributed by atoms with van der Waals surface area (Å²) >= 11 is 0. The smallest absolute Gasteiger partial charge is 0.245 e. The zero-order valence-electron chi connectivity index (χ0n) is 12.5. The molecule has 2 aliphatic heterocycles. The molecule has 2 rings (SSSR count). The number of nitrogens with zero attached hydrogens (tertiary/aromatic N) is 2. The highest BCUT2D eigenvalue weighted by Crippen LogP contribution is 2.23. The second kappa shape index (κ2) is 6.91. The van der Waals surface area contributed by atoms with Gasteiger partial charge in [0.25, 0.3) is 0 Å². The standard InChI is InChI=1S/C16H26N2O2/c1-3-15(19)17-10-7-14(8-11-17)16(20)18-9-5-4-6-13(2)12-18/h3,13-14H,1,4-12H2,2H3. The topological polar surface area (TPSA) is 40.6 Å². The lowest BCUT2D eigenvalue weighted by atomic mass is 9.94. The average Bonchev–Trinajstić information content (AvgIpc) is 2.70. The van der Waals surface area contributed by atoms with Gasteiger partial charge >= 0.3 is 0 Å². The zero-order valence-corrected chi connectivity index (χ0v) is 12.5. The van der Waals surface area contributed by atoms with E-state index in [1.54, 1.807) is 4.90 Å². The molecule has 2 saturated heterocycles. The van der Waals surface area contributed by atoms with Crippen molar-refractivity contribution in [1.82, 2.24) is 9.80 Å². The third-order valence-corrected chi connectivity index (χ3v) is 4.55. The van der Waals surface area contributed by atoms with E-state index in [9.17, 15) is 9.59 Å². The summed E-state index contributed by atoms with van der Waals surface area (Å²) in [6, 6.07) is 0. The minimum atomic E-state index is -0.0145. The van der Waals surface area contributed by atoms with E-state index in [4.69, 9.17) is 0 Å².